The van der Waals surface area contributed by atoms with E-state index in [1.807, 2.05) is 34.6 Å². The van der Waals surface area contributed by atoms with Crippen LogP contribution in [0.25, 0.3) is 17.3 Å². The normalized spacial score (nSPS) is 11.4. The summed E-state index contributed by atoms with van der Waals surface area (Å²) in [7, 11) is -0.791. The van der Waals surface area contributed by atoms with Crippen molar-refractivity contribution in [2.24, 2.45) is 0 Å². The number of rotatable bonds is 8. The molecule has 0 aliphatic carbocycles. The molecular weight excluding hydrogens is 473 g/mol. The molecule has 2 rings (SSSR count). The van der Waals surface area contributed by atoms with Crippen LogP contribution in [0.3, 0.4) is 0 Å². The number of nitrogens with zero attached hydrogens (tertiary/aromatic N) is 3. The molecule has 0 aliphatic rings. The summed E-state index contributed by atoms with van der Waals surface area (Å²) < 4.78 is 42.2. The Labute approximate surface area is 208 Å². The van der Waals surface area contributed by atoms with Crippen molar-refractivity contribution in [3.8, 4) is 11.3 Å². The van der Waals surface area contributed by atoms with Gasteiger partial charge in [0.2, 0.25) is 16.0 Å². The lowest BCUT2D eigenvalue weighted by Gasteiger charge is -2.20. The molecule has 0 aliphatic heterocycles. The summed E-state index contributed by atoms with van der Waals surface area (Å²) in [6.07, 6.45) is 2.88. The van der Waals surface area contributed by atoms with Crippen molar-refractivity contribution in [3.63, 3.8) is 0 Å². The molecule has 1 heterocycles. The van der Waals surface area contributed by atoms with Crippen molar-refractivity contribution in [3.05, 3.63) is 47.9 Å². The Morgan fingerprint density at radius 2 is 1.77 bits per heavy atom. The number of aromatic nitrogens is 2. The highest BCUT2D eigenvalue weighted by Crippen LogP contribution is 2.31. The first-order valence-corrected chi connectivity index (χ1v) is 13.2. The fraction of sp³-hybridized carbons (Fsp3) is 0.480. The molecule has 0 saturated heterocycles. The predicted molar refractivity (Wildman–Crippen MR) is 139 cm³/mol. The fourth-order valence-electron chi connectivity index (χ4n) is 2.65. The minimum Gasteiger partial charge on any atom is -0.469 e. The molecule has 0 radical (unpaired) electrons. The zero-order valence-corrected chi connectivity index (χ0v) is 22.7. The van der Waals surface area contributed by atoms with E-state index in [4.69, 9.17) is 5.11 Å². The lowest BCUT2D eigenvalue weighted by atomic mass is 9.98. The van der Waals surface area contributed by atoms with Crippen LogP contribution in [0.15, 0.2) is 30.8 Å². The van der Waals surface area contributed by atoms with Gasteiger partial charge in [-0.15, -0.1) is 0 Å². The van der Waals surface area contributed by atoms with E-state index >= 15 is 0 Å². The van der Waals surface area contributed by atoms with Crippen molar-refractivity contribution >= 4 is 28.0 Å². The van der Waals surface area contributed by atoms with E-state index in [0.717, 1.165) is 10.6 Å². The molecule has 1 atom stereocenters. The molecule has 8 nitrogen and oxygen atoms in total. The number of esters is 1. The van der Waals surface area contributed by atoms with Gasteiger partial charge in [-0.25, -0.2) is 27.1 Å². The molecule has 196 valence electrons. The van der Waals surface area contributed by atoms with Gasteiger partial charge in [-0.2, -0.15) is 0 Å². The summed E-state index contributed by atoms with van der Waals surface area (Å²) in [6.45, 7) is 13.5. The molecule has 0 amide bonds. The monoisotopic (exact) mass is 511 g/mol. The van der Waals surface area contributed by atoms with Crippen molar-refractivity contribution in [2.45, 2.75) is 59.5 Å². The second-order valence-electron chi connectivity index (χ2n) is 7.61. The number of carbonyl (C=O) groups is 1. The zero-order valence-electron chi connectivity index (χ0n) is 21.9. The molecular formula is C25H38FN3O5S. The third-order valence-electron chi connectivity index (χ3n) is 4.71. The van der Waals surface area contributed by atoms with Crippen LogP contribution in [0, 0.1) is 5.82 Å². The van der Waals surface area contributed by atoms with E-state index < -0.39 is 16.1 Å². The van der Waals surface area contributed by atoms with Crippen LogP contribution >= 0.6 is 0 Å². The van der Waals surface area contributed by atoms with Gasteiger partial charge in [-0.3, -0.25) is 4.79 Å². The maximum Gasteiger partial charge on any atom is 0.308 e. The van der Waals surface area contributed by atoms with E-state index in [0.29, 0.717) is 28.9 Å². The third-order valence-corrected chi connectivity index (χ3v) is 5.87. The van der Waals surface area contributed by atoms with Crippen LogP contribution < -0.4 is 4.31 Å². The summed E-state index contributed by atoms with van der Waals surface area (Å²) in [5.41, 5.74) is 2.58. The first-order valence-electron chi connectivity index (χ1n) is 11.3. The Hall–Kier alpha value is -2.85. The van der Waals surface area contributed by atoms with Gasteiger partial charge in [-0.1, -0.05) is 47.3 Å². The minimum absolute atomic E-state index is 0.0342. The number of hydrogen-bond donors (Lipinski definition) is 1. The summed E-state index contributed by atoms with van der Waals surface area (Å²) >= 11 is 0. The number of aliphatic hydroxyl groups excluding tert-OH is 1. The number of benzene rings is 1. The summed E-state index contributed by atoms with van der Waals surface area (Å²) in [5, 5.41) is 8.86. The highest BCUT2D eigenvalue weighted by molar-refractivity contribution is 7.92. The number of aliphatic hydroxyl groups is 1. The van der Waals surface area contributed by atoms with Crippen LogP contribution in [-0.2, 0) is 19.6 Å². The van der Waals surface area contributed by atoms with Crippen LogP contribution in [-0.4, -0.2) is 56.0 Å². The van der Waals surface area contributed by atoms with Gasteiger partial charge >= 0.3 is 5.97 Å². The quantitative estimate of drug-likeness (QED) is 0.507. The second kappa shape index (κ2) is 15.2. The Morgan fingerprint density at radius 3 is 2.17 bits per heavy atom. The molecule has 35 heavy (non-hydrogen) atoms. The zero-order chi connectivity index (χ0) is 27.3. The lowest BCUT2D eigenvalue weighted by molar-refractivity contribution is -0.142. The highest BCUT2D eigenvalue weighted by atomic mass is 32.2. The SMILES string of the molecule is C=Cc1c(-c2ccc(F)cc2)nc(N(C)S(C)(=O)=O)nc1C(C)C.CC.CCC(O)CC(=O)OC. The van der Waals surface area contributed by atoms with Crippen LogP contribution in [0.1, 0.15) is 64.6 Å². The Bertz CT molecular complexity index is 1060. The van der Waals surface area contributed by atoms with Gasteiger partial charge in [0.15, 0.2) is 0 Å². The van der Waals surface area contributed by atoms with Gasteiger partial charge in [0.05, 0.1) is 37.3 Å². The molecule has 1 unspecified atom stereocenters. The van der Waals surface area contributed by atoms with E-state index in [1.54, 1.807) is 18.2 Å². The summed E-state index contributed by atoms with van der Waals surface area (Å²) in [5.74, 6) is -0.604. The van der Waals surface area contributed by atoms with Gasteiger partial charge in [0, 0.05) is 18.2 Å². The number of methoxy groups -OCH3 is 1. The molecule has 0 bridgehead atoms. The number of carbonyl (C=O) groups excluding carboxylic acids is 1. The maximum atomic E-state index is 13.2. The smallest absolute Gasteiger partial charge is 0.308 e. The molecule has 0 fully saturated rings. The molecule has 1 aromatic carbocycles. The predicted octanol–water partition coefficient (Wildman–Crippen LogP) is 4.79. The van der Waals surface area contributed by atoms with Crippen molar-refractivity contribution in [2.75, 3.05) is 24.7 Å². The topological polar surface area (TPSA) is 110 Å². The van der Waals surface area contributed by atoms with Crippen LogP contribution in [0.4, 0.5) is 10.3 Å². The van der Waals surface area contributed by atoms with Gasteiger partial charge in [0.1, 0.15) is 5.82 Å². The van der Waals surface area contributed by atoms with Crippen molar-refractivity contribution in [1.82, 2.24) is 9.97 Å². The number of ether oxygens (including phenoxy) is 1. The molecule has 2 aromatic rings. The van der Waals surface area contributed by atoms with Gasteiger partial charge in [-0.05, 0) is 36.6 Å². The maximum absolute atomic E-state index is 13.2. The van der Waals surface area contributed by atoms with Crippen molar-refractivity contribution < 1.29 is 27.4 Å². The molecule has 0 saturated carbocycles. The average Bonchev–Trinajstić information content (AvgIpc) is 2.83. The van der Waals surface area contributed by atoms with E-state index in [1.165, 1.54) is 26.3 Å². The molecule has 10 heteroatoms. The van der Waals surface area contributed by atoms with E-state index in [2.05, 4.69) is 21.3 Å². The first kappa shape index (κ1) is 32.1. The minimum atomic E-state index is -3.50. The highest BCUT2D eigenvalue weighted by Gasteiger charge is 2.21. The number of anilines is 1. The number of halogens is 1. The summed E-state index contributed by atoms with van der Waals surface area (Å²) in [6, 6.07) is 5.86. The Balaban J connectivity index is 0.000000888. The Kier molecular flexibility index (Phi) is 14.0. The largest absolute Gasteiger partial charge is 0.469 e. The molecule has 1 aromatic heterocycles. The van der Waals surface area contributed by atoms with E-state index in [9.17, 15) is 17.6 Å². The Morgan fingerprint density at radius 1 is 1.23 bits per heavy atom. The lowest BCUT2D eigenvalue weighted by Crippen LogP contribution is -2.27. The van der Waals surface area contributed by atoms with Gasteiger partial charge < -0.3 is 9.84 Å². The summed E-state index contributed by atoms with van der Waals surface area (Å²) in [4.78, 5) is 19.2. The fourth-order valence-corrected chi connectivity index (χ4v) is 3.03. The number of hydrogen-bond acceptors (Lipinski definition) is 7. The van der Waals surface area contributed by atoms with E-state index in [-0.39, 0.29) is 30.1 Å². The first-order chi connectivity index (χ1) is 16.3. The second-order valence-corrected chi connectivity index (χ2v) is 9.62. The average molecular weight is 512 g/mol. The van der Waals surface area contributed by atoms with Crippen molar-refractivity contribution in [1.29, 1.82) is 0 Å². The third kappa shape index (κ3) is 10.1. The van der Waals surface area contributed by atoms with Gasteiger partial charge in [0.25, 0.3) is 0 Å². The van der Waals surface area contributed by atoms with Crippen LogP contribution in [0.5, 0.6) is 0 Å². The molecule has 0 spiro atoms. The van der Waals surface area contributed by atoms with Crippen LogP contribution in [0.2, 0.25) is 0 Å². The standard InChI is InChI=1S/C17H20FN3O2S.C6H12O3.C2H6/c1-6-14-15(11(2)3)19-17(21(4)24(5,22)23)20-16(14)12-7-9-13(18)10-8-12;1-3-5(7)4-6(8)9-2;1-2/h6-11H,1H2,2-5H3;5,7H,3-4H2,1-2H3;1-2H3. The molecule has 1 N–H and O–H groups in total. The number of sulfonamides is 1.